The summed E-state index contributed by atoms with van der Waals surface area (Å²) in [5.74, 6) is 0.0849. The Morgan fingerprint density at radius 2 is 2.29 bits per heavy atom. The van der Waals surface area contributed by atoms with Crippen LogP contribution in [0.4, 0.5) is 5.82 Å². The van der Waals surface area contributed by atoms with Gasteiger partial charge in [-0.2, -0.15) is 4.98 Å². The Morgan fingerprint density at radius 1 is 1.59 bits per heavy atom. The Morgan fingerprint density at radius 3 is 2.82 bits per heavy atom. The first-order valence-electron chi connectivity index (χ1n) is 5.09. The maximum absolute atomic E-state index is 11.6. The number of rotatable bonds is 2. The second kappa shape index (κ2) is 4.41. The van der Waals surface area contributed by atoms with Gasteiger partial charge < -0.3 is 26.4 Å². The molecule has 6 N–H and O–H groups in total. The van der Waals surface area contributed by atoms with Crippen LogP contribution >= 0.6 is 0 Å². The zero-order chi connectivity index (χ0) is 12.6. The molecule has 0 saturated carbocycles. The summed E-state index contributed by atoms with van der Waals surface area (Å²) in [6, 6.07) is 0.657. The molecule has 94 valence electrons. The van der Waals surface area contributed by atoms with Crippen LogP contribution in [0, 0.1) is 0 Å². The predicted molar refractivity (Wildman–Crippen MR) is 57.9 cm³/mol. The lowest BCUT2D eigenvalue weighted by atomic mass is 10.1. The molecule has 0 aliphatic carbocycles. The standard InChI is InChI=1S/C9H14N4O4/c10-5-1-2-13(9(16)12-5)8-7(15)6(11)4(3-14)17-8/h1-2,4,6-8,14-15H,3,11H2,(H2,10,12,16)/t4-,6-,7-,8-/m1/s1. The van der Waals surface area contributed by atoms with Gasteiger partial charge in [0.15, 0.2) is 6.23 Å². The third-order valence-corrected chi connectivity index (χ3v) is 2.74. The number of aliphatic hydroxyl groups excluding tert-OH is 2. The number of aliphatic hydroxyl groups is 2. The van der Waals surface area contributed by atoms with E-state index in [1.54, 1.807) is 0 Å². The van der Waals surface area contributed by atoms with Crippen LogP contribution in [0.3, 0.4) is 0 Å². The number of hydrogen-bond acceptors (Lipinski definition) is 7. The number of ether oxygens (including phenoxy) is 1. The Balaban J connectivity index is 2.32. The second-order valence-corrected chi connectivity index (χ2v) is 3.86. The SMILES string of the molecule is Nc1ccn([C@@H]2O[C@H](CO)[C@@H](N)[C@H]2O)c(=O)n1. The fourth-order valence-electron chi connectivity index (χ4n) is 1.77. The minimum Gasteiger partial charge on any atom is -0.394 e. The van der Waals surface area contributed by atoms with Crippen LogP contribution in [0.15, 0.2) is 17.1 Å². The fraction of sp³-hybridized carbons (Fsp3) is 0.556. The molecule has 1 aliphatic rings. The number of anilines is 1. The largest absolute Gasteiger partial charge is 0.394 e. The first-order chi connectivity index (χ1) is 8.04. The zero-order valence-corrected chi connectivity index (χ0v) is 8.93. The minimum atomic E-state index is -1.09. The highest BCUT2D eigenvalue weighted by Gasteiger charge is 2.42. The molecular formula is C9H14N4O4. The Hall–Kier alpha value is -1.48. The summed E-state index contributed by atoms with van der Waals surface area (Å²) in [7, 11) is 0. The van der Waals surface area contributed by atoms with Crippen molar-refractivity contribution in [2.45, 2.75) is 24.5 Å². The summed E-state index contributed by atoms with van der Waals surface area (Å²) in [5.41, 5.74) is 10.4. The van der Waals surface area contributed by atoms with Crippen molar-refractivity contribution in [2.75, 3.05) is 12.3 Å². The average molecular weight is 242 g/mol. The summed E-state index contributed by atoms with van der Waals surface area (Å²) in [4.78, 5) is 15.1. The monoisotopic (exact) mass is 242 g/mol. The number of nitrogens with two attached hydrogens (primary N) is 2. The van der Waals surface area contributed by atoms with Crippen molar-refractivity contribution in [2.24, 2.45) is 5.73 Å². The van der Waals surface area contributed by atoms with Crippen molar-refractivity contribution >= 4 is 5.82 Å². The Bertz CT molecular complexity index is 463. The van der Waals surface area contributed by atoms with Crippen LogP contribution in [0.25, 0.3) is 0 Å². The van der Waals surface area contributed by atoms with Gasteiger partial charge in [-0.1, -0.05) is 0 Å². The molecule has 1 aliphatic heterocycles. The van der Waals surface area contributed by atoms with E-state index in [1.807, 2.05) is 0 Å². The molecule has 1 saturated heterocycles. The van der Waals surface area contributed by atoms with Crippen molar-refractivity contribution in [3.63, 3.8) is 0 Å². The summed E-state index contributed by atoms with van der Waals surface area (Å²) < 4.78 is 6.39. The smallest absolute Gasteiger partial charge is 0.351 e. The molecule has 2 heterocycles. The molecule has 8 nitrogen and oxygen atoms in total. The molecule has 1 aromatic heterocycles. The van der Waals surface area contributed by atoms with E-state index in [9.17, 15) is 9.90 Å². The van der Waals surface area contributed by atoms with Gasteiger partial charge in [-0.05, 0) is 6.07 Å². The van der Waals surface area contributed by atoms with Crippen molar-refractivity contribution in [1.82, 2.24) is 9.55 Å². The number of hydrogen-bond donors (Lipinski definition) is 4. The molecule has 1 aromatic rings. The Labute approximate surface area is 96.4 Å². The summed E-state index contributed by atoms with van der Waals surface area (Å²) >= 11 is 0. The van der Waals surface area contributed by atoms with E-state index in [0.29, 0.717) is 0 Å². The zero-order valence-electron chi connectivity index (χ0n) is 8.93. The average Bonchev–Trinajstić information content (AvgIpc) is 2.57. The van der Waals surface area contributed by atoms with Crippen molar-refractivity contribution in [1.29, 1.82) is 0 Å². The van der Waals surface area contributed by atoms with Crippen LogP contribution < -0.4 is 17.2 Å². The maximum Gasteiger partial charge on any atom is 0.351 e. The van der Waals surface area contributed by atoms with Crippen LogP contribution in [-0.2, 0) is 4.74 Å². The lowest BCUT2D eigenvalue weighted by molar-refractivity contribution is -0.0531. The van der Waals surface area contributed by atoms with Crippen LogP contribution in [-0.4, -0.2) is 44.6 Å². The van der Waals surface area contributed by atoms with Gasteiger partial charge in [-0.15, -0.1) is 0 Å². The molecule has 4 atom stereocenters. The van der Waals surface area contributed by atoms with Gasteiger partial charge in [0.2, 0.25) is 0 Å². The first kappa shape index (κ1) is 12.0. The summed E-state index contributed by atoms with van der Waals surface area (Å²) in [6.45, 7) is -0.328. The van der Waals surface area contributed by atoms with E-state index in [1.165, 1.54) is 12.3 Å². The maximum atomic E-state index is 11.6. The van der Waals surface area contributed by atoms with E-state index in [2.05, 4.69) is 4.98 Å². The van der Waals surface area contributed by atoms with E-state index < -0.39 is 30.2 Å². The highest BCUT2D eigenvalue weighted by Crippen LogP contribution is 2.26. The Kier molecular flexibility index (Phi) is 3.11. The second-order valence-electron chi connectivity index (χ2n) is 3.86. The predicted octanol–water partition coefficient (Wildman–Crippen LogP) is -2.60. The fourth-order valence-corrected chi connectivity index (χ4v) is 1.77. The van der Waals surface area contributed by atoms with Crippen molar-refractivity contribution in [3.05, 3.63) is 22.7 Å². The van der Waals surface area contributed by atoms with Crippen molar-refractivity contribution in [3.8, 4) is 0 Å². The minimum absolute atomic E-state index is 0.0849. The van der Waals surface area contributed by atoms with Crippen LogP contribution in [0.5, 0.6) is 0 Å². The highest BCUT2D eigenvalue weighted by molar-refractivity contribution is 5.23. The van der Waals surface area contributed by atoms with Gasteiger partial charge in [0, 0.05) is 6.20 Å². The molecule has 2 rings (SSSR count). The van der Waals surface area contributed by atoms with E-state index in [4.69, 9.17) is 21.3 Å². The molecule has 1 fully saturated rings. The van der Waals surface area contributed by atoms with Gasteiger partial charge in [-0.3, -0.25) is 4.57 Å². The molecule has 0 unspecified atom stereocenters. The third kappa shape index (κ3) is 2.03. The van der Waals surface area contributed by atoms with Gasteiger partial charge in [-0.25, -0.2) is 4.79 Å². The summed E-state index contributed by atoms with van der Waals surface area (Å²) in [6.07, 6.45) is -1.39. The molecule has 8 heteroatoms. The van der Waals surface area contributed by atoms with Gasteiger partial charge in [0.1, 0.15) is 18.0 Å². The van der Waals surface area contributed by atoms with Gasteiger partial charge in [0.05, 0.1) is 12.6 Å². The first-order valence-corrected chi connectivity index (χ1v) is 5.09. The highest BCUT2D eigenvalue weighted by atomic mass is 16.5. The quantitative estimate of drug-likeness (QED) is 0.446. The normalized spacial score (nSPS) is 32.9. The molecule has 0 radical (unpaired) electrons. The summed E-state index contributed by atoms with van der Waals surface area (Å²) in [5, 5.41) is 18.8. The van der Waals surface area contributed by atoms with Gasteiger partial charge in [0.25, 0.3) is 0 Å². The number of aromatic nitrogens is 2. The van der Waals surface area contributed by atoms with E-state index in [0.717, 1.165) is 4.57 Å². The third-order valence-electron chi connectivity index (χ3n) is 2.74. The molecule has 0 aromatic carbocycles. The van der Waals surface area contributed by atoms with E-state index >= 15 is 0 Å². The van der Waals surface area contributed by atoms with Crippen molar-refractivity contribution < 1.29 is 14.9 Å². The molecular weight excluding hydrogens is 228 g/mol. The van der Waals surface area contributed by atoms with Gasteiger partial charge >= 0.3 is 5.69 Å². The molecule has 17 heavy (non-hydrogen) atoms. The number of nitrogen functional groups attached to an aromatic ring is 1. The number of nitrogens with zero attached hydrogens (tertiary/aromatic N) is 2. The van der Waals surface area contributed by atoms with Crippen LogP contribution in [0.1, 0.15) is 6.23 Å². The molecule has 0 bridgehead atoms. The molecule has 0 spiro atoms. The lowest BCUT2D eigenvalue weighted by Crippen LogP contribution is -2.42. The van der Waals surface area contributed by atoms with E-state index in [-0.39, 0.29) is 12.4 Å². The topological polar surface area (TPSA) is 137 Å². The molecule has 0 amide bonds. The van der Waals surface area contributed by atoms with Crippen LogP contribution in [0.2, 0.25) is 0 Å². The lowest BCUT2D eigenvalue weighted by Gasteiger charge is -2.17.